The van der Waals surface area contributed by atoms with Crippen LogP contribution in [0.5, 0.6) is 0 Å². The third-order valence-corrected chi connectivity index (χ3v) is 3.67. The Morgan fingerprint density at radius 2 is 2.25 bits per heavy atom. The topological polar surface area (TPSA) is 40.5 Å². The third-order valence-electron chi connectivity index (χ3n) is 3.67. The van der Waals surface area contributed by atoms with Crippen LogP contribution in [-0.4, -0.2) is 23.2 Å². The van der Waals surface area contributed by atoms with Crippen LogP contribution in [0, 0.1) is 0 Å². The number of carbonyl (C=O) groups excluding carboxylic acids is 1. The van der Waals surface area contributed by atoms with E-state index in [1.165, 1.54) is 10.9 Å². The number of ether oxygens (including phenoxy) is 2. The van der Waals surface area contributed by atoms with Gasteiger partial charge in [-0.1, -0.05) is 18.2 Å². The number of hydrogen-bond acceptors (Lipinski definition) is 3. The van der Waals surface area contributed by atoms with Crippen molar-refractivity contribution in [1.29, 1.82) is 0 Å². The molecule has 0 bridgehead atoms. The van der Waals surface area contributed by atoms with E-state index in [9.17, 15) is 4.79 Å². The van der Waals surface area contributed by atoms with Crippen LogP contribution in [0.3, 0.4) is 0 Å². The van der Waals surface area contributed by atoms with E-state index >= 15 is 0 Å². The van der Waals surface area contributed by atoms with Gasteiger partial charge in [-0.25, -0.2) is 0 Å². The number of nitrogens with zero attached hydrogens (tertiary/aromatic N) is 1. The minimum absolute atomic E-state index is 0.0951. The van der Waals surface area contributed by atoms with Gasteiger partial charge in [0.2, 0.25) is 0 Å². The van der Waals surface area contributed by atoms with Crippen molar-refractivity contribution in [3.8, 4) is 0 Å². The molecule has 1 aliphatic heterocycles. The van der Waals surface area contributed by atoms with Gasteiger partial charge < -0.3 is 14.0 Å². The van der Waals surface area contributed by atoms with E-state index in [0.29, 0.717) is 6.61 Å². The van der Waals surface area contributed by atoms with Gasteiger partial charge in [0, 0.05) is 17.8 Å². The molecule has 0 radical (unpaired) electrons. The number of esters is 1. The zero-order valence-corrected chi connectivity index (χ0v) is 11.8. The van der Waals surface area contributed by atoms with Gasteiger partial charge in [0.05, 0.1) is 19.1 Å². The molecule has 0 saturated heterocycles. The lowest BCUT2D eigenvalue weighted by atomic mass is 10.1. The second kappa shape index (κ2) is 5.29. The molecule has 1 aromatic heterocycles. The molecule has 0 unspecified atom stereocenters. The quantitative estimate of drug-likeness (QED) is 0.807. The van der Waals surface area contributed by atoms with Crippen LogP contribution in [0.25, 0.3) is 10.9 Å². The van der Waals surface area contributed by atoms with Gasteiger partial charge in [0.1, 0.15) is 6.10 Å². The Hall–Kier alpha value is -1.81. The molecular formula is C16H19NO3. The fourth-order valence-corrected chi connectivity index (χ4v) is 2.88. The van der Waals surface area contributed by atoms with E-state index in [4.69, 9.17) is 9.47 Å². The van der Waals surface area contributed by atoms with Crippen molar-refractivity contribution in [3.05, 3.63) is 36.0 Å². The van der Waals surface area contributed by atoms with Crippen LogP contribution >= 0.6 is 0 Å². The average molecular weight is 273 g/mol. The summed E-state index contributed by atoms with van der Waals surface area (Å²) >= 11 is 0. The SMILES string of the molecule is CCOC(=O)C[C@H]1O[C@@H](C)Cn2c1cc1ccccc12. The number of rotatable bonds is 3. The molecule has 0 fully saturated rings. The first-order valence-corrected chi connectivity index (χ1v) is 7.08. The Morgan fingerprint density at radius 1 is 1.45 bits per heavy atom. The smallest absolute Gasteiger partial charge is 0.308 e. The standard InChI is InChI=1S/C16H19NO3/c1-3-19-16(18)9-15-14-8-12-6-4-5-7-13(12)17(14)10-11(2)20-15/h4-8,11,15H,3,9-10H2,1-2H3/t11-,15+/m0/s1. The third kappa shape index (κ3) is 2.31. The van der Waals surface area contributed by atoms with Crippen LogP contribution in [0.4, 0.5) is 0 Å². The molecule has 1 aliphatic rings. The molecule has 3 rings (SSSR count). The van der Waals surface area contributed by atoms with Gasteiger partial charge in [0.25, 0.3) is 0 Å². The van der Waals surface area contributed by atoms with Gasteiger partial charge >= 0.3 is 5.97 Å². The molecule has 0 N–H and O–H groups in total. The summed E-state index contributed by atoms with van der Waals surface area (Å²) in [6.45, 7) is 5.08. The minimum atomic E-state index is -0.217. The summed E-state index contributed by atoms with van der Waals surface area (Å²) in [7, 11) is 0. The highest BCUT2D eigenvalue weighted by Gasteiger charge is 2.29. The highest BCUT2D eigenvalue weighted by molar-refractivity contribution is 5.82. The van der Waals surface area contributed by atoms with Gasteiger partial charge in [0.15, 0.2) is 0 Å². The molecule has 0 saturated carbocycles. The largest absolute Gasteiger partial charge is 0.466 e. The van der Waals surface area contributed by atoms with E-state index in [0.717, 1.165) is 12.2 Å². The Kier molecular flexibility index (Phi) is 3.49. The van der Waals surface area contributed by atoms with E-state index in [2.05, 4.69) is 22.8 Å². The van der Waals surface area contributed by atoms with Crippen LogP contribution in [0.1, 0.15) is 32.1 Å². The molecule has 2 aromatic rings. The molecule has 2 heterocycles. The fourth-order valence-electron chi connectivity index (χ4n) is 2.88. The zero-order valence-electron chi connectivity index (χ0n) is 11.8. The van der Waals surface area contributed by atoms with E-state index in [1.807, 2.05) is 26.0 Å². The molecule has 0 amide bonds. The second-order valence-electron chi connectivity index (χ2n) is 5.18. The van der Waals surface area contributed by atoms with Crippen molar-refractivity contribution < 1.29 is 14.3 Å². The molecule has 106 valence electrons. The molecule has 0 spiro atoms. The summed E-state index contributed by atoms with van der Waals surface area (Å²) in [5.41, 5.74) is 2.27. The van der Waals surface area contributed by atoms with Crippen molar-refractivity contribution in [2.45, 2.75) is 39.0 Å². The molecule has 2 atom stereocenters. The number of hydrogen-bond donors (Lipinski definition) is 0. The lowest BCUT2D eigenvalue weighted by molar-refractivity contribution is -0.148. The first kappa shape index (κ1) is 13.2. The second-order valence-corrected chi connectivity index (χ2v) is 5.18. The van der Waals surface area contributed by atoms with E-state index in [-0.39, 0.29) is 24.6 Å². The molecular weight excluding hydrogens is 254 g/mol. The number of para-hydroxylation sites is 1. The van der Waals surface area contributed by atoms with Gasteiger partial charge in [-0.3, -0.25) is 4.79 Å². The minimum Gasteiger partial charge on any atom is -0.466 e. The van der Waals surface area contributed by atoms with Gasteiger partial charge in [-0.15, -0.1) is 0 Å². The molecule has 0 aliphatic carbocycles. The number of carbonyl (C=O) groups is 1. The average Bonchev–Trinajstić information content (AvgIpc) is 2.78. The van der Waals surface area contributed by atoms with Crippen molar-refractivity contribution >= 4 is 16.9 Å². The fraction of sp³-hybridized carbons (Fsp3) is 0.438. The maximum Gasteiger partial charge on any atom is 0.308 e. The summed E-state index contributed by atoms with van der Waals surface area (Å²) in [6, 6.07) is 10.4. The predicted molar refractivity (Wildman–Crippen MR) is 76.5 cm³/mol. The van der Waals surface area contributed by atoms with Gasteiger partial charge in [-0.2, -0.15) is 0 Å². The Morgan fingerprint density at radius 3 is 3.05 bits per heavy atom. The maximum atomic E-state index is 11.7. The first-order chi connectivity index (χ1) is 9.69. The number of fused-ring (bicyclic) bond motifs is 3. The monoisotopic (exact) mass is 273 g/mol. The lowest BCUT2D eigenvalue weighted by Gasteiger charge is -2.30. The van der Waals surface area contributed by atoms with E-state index < -0.39 is 0 Å². The molecule has 20 heavy (non-hydrogen) atoms. The summed E-state index contributed by atoms with van der Waals surface area (Å²) in [5, 5.41) is 1.19. The van der Waals surface area contributed by atoms with Crippen LogP contribution in [0.15, 0.2) is 30.3 Å². The molecule has 4 heteroatoms. The Bertz CT molecular complexity index is 632. The molecule has 4 nitrogen and oxygen atoms in total. The van der Waals surface area contributed by atoms with Gasteiger partial charge in [-0.05, 0) is 31.4 Å². The summed E-state index contributed by atoms with van der Waals surface area (Å²) < 4.78 is 13.2. The maximum absolute atomic E-state index is 11.7. The van der Waals surface area contributed by atoms with Crippen molar-refractivity contribution in [2.24, 2.45) is 0 Å². The van der Waals surface area contributed by atoms with Crippen molar-refractivity contribution in [2.75, 3.05) is 6.61 Å². The first-order valence-electron chi connectivity index (χ1n) is 7.08. The van der Waals surface area contributed by atoms with Crippen LogP contribution in [-0.2, 0) is 20.8 Å². The summed E-state index contributed by atoms with van der Waals surface area (Å²) in [6.07, 6.45) is 0.150. The highest BCUT2D eigenvalue weighted by Crippen LogP contribution is 2.33. The molecule has 1 aromatic carbocycles. The summed E-state index contributed by atoms with van der Waals surface area (Å²) in [4.78, 5) is 11.7. The Labute approximate surface area is 118 Å². The Balaban J connectivity index is 1.97. The summed E-state index contributed by atoms with van der Waals surface area (Å²) in [5.74, 6) is -0.205. The van der Waals surface area contributed by atoms with Crippen molar-refractivity contribution in [3.63, 3.8) is 0 Å². The predicted octanol–water partition coefficient (Wildman–Crippen LogP) is 3.05. The lowest BCUT2D eigenvalue weighted by Crippen LogP contribution is -2.29. The zero-order chi connectivity index (χ0) is 14.1. The van der Waals surface area contributed by atoms with Crippen LogP contribution < -0.4 is 0 Å². The number of benzene rings is 1. The van der Waals surface area contributed by atoms with E-state index in [1.54, 1.807) is 0 Å². The normalized spacial score (nSPS) is 21.7. The van der Waals surface area contributed by atoms with Crippen LogP contribution in [0.2, 0.25) is 0 Å². The number of aromatic nitrogens is 1. The highest BCUT2D eigenvalue weighted by atomic mass is 16.5. The van der Waals surface area contributed by atoms with Crippen molar-refractivity contribution in [1.82, 2.24) is 4.57 Å².